The molecule has 0 saturated carbocycles. The smallest absolute Gasteiger partial charge is 0.332 e. The maximum atomic E-state index is 9.45. The Bertz CT molecular complexity index is 89.0. The van der Waals surface area contributed by atoms with E-state index in [1.807, 2.05) is 0 Å². The molecule has 0 aromatic rings. The molecule has 68 valence electrons. The lowest BCUT2D eigenvalue weighted by Crippen LogP contribution is -2.13. The number of carbonyl (C=O) groups is 1. The van der Waals surface area contributed by atoms with E-state index in [4.69, 9.17) is 10.2 Å². The molecule has 5 heteroatoms. The van der Waals surface area contributed by atoms with Crippen LogP contribution in [0.4, 0.5) is 0 Å². The van der Waals surface area contributed by atoms with E-state index in [0.29, 0.717) is 6.79 Å². The number of carboxylic acids is 1. The van der Waals surface area contributed by atoms with E-state index in [1.54, 1.807) is 14.2 Å². The molecule has 0 fully saturated rings. The summed E-state index contributed by atoms with van der Waals surface area (Å²) in [6.07, 6.45) is -1.23. The Hall–Kier alpha value is -0.650. The van der Waals surface area contributed by atoms with E-state index in [2.05, 4.69) is 9.47 Å². The van der Waals surface area contributed by atoms with E-state index in [-0.39, 0.29) is 0 Å². The molecule has 0 aromatic carbocycles. The molecule has 0 amide bonds. The molecule has 2 N–H and O–H groups in total. The molecule has 5 nitrogen and oxygen atoms in total. The highest BCUT2D eigenvalue weighted by molar-refractivity contribution is 5.71. The van der Waals surface area contributed by atoms with Gasteiger partial charge in [-0.05, 0) is 6.92 Å². The van der Waals surface area contributed by atoms with Crippen LogP contribution in [-0.2, 0) is 14.3 Å². The molecule has 0 aliphatic carbocycles. The van der Waals surface area contributed by atoms with Gasteiger partial charge in [-0.1, -0.05) is 0 Å². The first-order valence-corrected chi connectivity index (χ1v) is 2.95. The molecule has 0 aromatic heterocycles. The summed E-state index contributed by atoms with van der Waals surface area (Å²) in [5.41, 5.74) is 0. The third kappa shape index (κ3) is 17.6. The van der Waals surface area contributed by atoms with E-state index in [1.165, 1.54) is 6.92 Å². The van der Waals surface area contributed by atoms with Gasteiger partial charge in [0.15, 0.2) is 0 Å². The second-order valence-corrected chi connectivity index (χ2v) is 1.71. The summed E-state index contributed by atoms with van der Waals surface area (Å²) in [5, 5.41) is 15.8. The van der Waals surface area contributed by atoms with Gasteiger partial charge < -0.3 is 19.7 Å². The molecule has 0 aliphatic rings. The number of carboxylic acid groups (broad SMARTS) is 1. The number of methoxy groups -OCH3 is 2. The quantitative estimate of drug-likeness (QED) is 0.562. The number of hydrogen-bond acceptors (Lipinski definition) is 4. The highest BCUT2D eigenvalue weighted by Crippen LogP contribution is 1.73. The summed E-state index contributed by atoms with van der Waals surface area (Å²) in [4.78, 5) is 9.45. The SMILES string of the molecule is CC(O)C(=O)O.COCOC. The van der Waals surface area contributed by atoms with Crippen molar-refractivity contribution in [2.75, 3.05) is 21.0 Å². The molecule has 0 radical (unpaired) electrons. The number of ether oxygens (including phenoxy) is 2. The number of aliphatic hydroxyl groups excluding tert-OH is 1. The van der Waals surface area contributed by atoms with Crippen molar-refractivity contribution < 1.29 is 24.5 Å². The third-order valence-electron chi connectivity index (χ3n) is 0.593. The molecule has 0 aliphatic heterocycles. The average molecular weight is 166 g/mol. The minimum Gasteiger partial charge on any atom is -0.479 e. The minimum absolute atomic E-state index is 0.389. The summed E-state index contributed by atoms with van der Waals surface area (Å²) in [7, 11) is 3.17. The Kier molecular flexibility index (Phi) is 11.0. The van der Waals surface area contributed by atoms with Crippen LogP contribution in [0.25, 0.3) is 0 Å². The lowest BCUT2D eigenvalue weighted by atomic mass is 10.4. The van der Waals surface area contributed by atoms with Gasteiger partial charge in [-0.3, -0.25) is 0 Å². The lowest BCUT2D eigenvalue weighted by molar-refractivity contribution is -0.145. The maximum Gasteiger partial charge on any atom is 0.332 e. The molecular weight excluding hydrogens is 152 g/mol. The zero-order valence-corrected chi connectivity index (χ0v) is 6.90. The van der Waals surface area contributed by atoms with Gasteiger partial charge in [0.25, 0.3) is 0 Å². The van der Waals surface area contributed by atoms with Crippen LogP contribution in [-0.4, -0.2) is 43.3 Å². The fourth-order valence-electron chi connectivity index (χ4n) is 0.118. The highest BCUT2D eigenvalue weighted by Gasteiger charge is 2.01. The average Bonchev–Trinajstić information content (AvgIpc) is 1.90. The van der Waals surface area contributed by atoms with Crippen molar-refractivity contribution in [2.24, 2.45) is 0 Å². The van der Waals surface area contributed by atoms with Crippen molar-refractivity contribution in [3.05, 3.63) is 0 Å². The summed E-state index contributed by atoms with van der Waals surface area (Å²) in [5.74, 6) is -1.19. The second-order valence-electron chi connectivity index (χ2n) is 1.71. The van der Waals surface area contributed by atoms with Crippen molar-refractivity contribution in [2.45, 2.75) is 13.0 Å². The predicted octanol–water partition coefficient (Wildman–Crippen LogP) is -0.312. The third-order valence-corrected chi connectivity index (χ3v) is 0.593. The topological polar surface area (TPSA) is 76.0 Å². The molecule has 0 rings (SSSR count). The van der Waals surface area contributed by atoms with E-state index < -0.39 is 12.1 Å². The van der Waals surface area contributed by atoms with E-state index in [0.717, 1.165) is 0 Å². The Morgan fingerprint density at radius 2 is 1.73 bits per heavy atom. The summed E-state index contributed by atoms with van der Waals surface area (Å²) in [6.45, 7) is 1.59. The molecule has 0 saturated heterocycles. The molecular formula is C6H14O5. The van der Waals surface area contributed by atoms with Crippen molar-refractivity contribution in [1.29, 1.82) is 0 Å². The first-order valence-electron chi connectivity index (χ1n) is 2.95. The number of aliphatic hydroxyl groups is 1. The second kappa shape index (κ2) is 9.35. The molecule has 1 unspecified atom stereocenters. The zero-order valence-electron chi connectivity index (χ0n) is 6.90. The predicted molar refractivity (Wildman–Crippen MR) is 38.2 cm³/mol. The lowest BCUT2D eigenvalue weighted by Gasteiger charge is -1.89. The van der Waals surface area contributed by atoms with Gasteiger partial charge in [-0.2, -0.15) is 0 Å². The van der Waals surface area contributed by atoms with Gasteiger partial charge in [-0.25, -0.2) is 4.79 Å². The van der Waals surface area contributed by atoms with Crippen LogP contribution in [0.1, 0.15) is 6.92 Å². The number of rotatable bonds is 3. The minimum atomic E-state index is -1.23. The monoisotopic (exact) mass is 166 g/mol. The van der Waals surface area contributed by atoms with Crippen LogP contribution in [0.3, 0.4) is 0 Å². The van der Waals surface area contributed by atoms with Gasteiger partial charge >= 0.3 is 5.97 Å². The van der Waals surface area contributed by atoms with Crippen molar-refractivity contribution in [3.63, 3.8) is 0 Å². The summed E-state index contributed by atoms with van der Waals surface area (Å²) >= 11 is 0. The van der Waals surface area contributed by atoms with Crippen LogP contribution in [0, 0.1) is 0 Å². The standard InChI is InChI=1S/C3H6O3.C3H8O2/c1-2(4)3(5)6;1-4-3-5-2/h2,4H,1H3,(H,5,6);3H2,1-2H3. The number of aliphatic carboxylic acids is 1. The van der Waals surface area contributed by atoms with Gasteiger partial charge in [-0.15, -0.1) is 0 Å². The van der Waals surface area contributed by atoms with Gasteiger partial charge in [0.1, 0.15) is 12.9 Å². The summed E-state index contributed by atoms with van der Waals surface area (Å²) in [6, 6.07) is 0. The fourth-order valence-corrected chi connectivity index (χ4v) is 0.118. The fraction of sp³-hybridized carbons (Fsp3) is 0.833. The van der Waals surface area contributed by atoms with Gasteiger partial charge in [0, 0.05) is 14.2 Å². The number of hydrogen-bond donors (Lipinski definition) is 2. The molecule has 1 atom stereocenters. The van der Waals surface area contributed by atoms with Crippen LogP contribution in [0.2, 0.25) is 0 Å². The Balaban J connectivity index is 0. The summed E-state index contributed by atoms with van der Waals surface area (Å²) < 4.78 is 8.94. The van der Waals surface area contributed by atoms with Crippen molar-refractivity contribution >= 4 is 5.97 Å². The Morgan fingerprint density at radius 3 is 1.73 bits per heavy atom. The molecule has 0 spiro atoms. The molecule has 0 bridgehead atoms. The van der Waals surface area contributed by atoms with E-state index >= 15 is 0 Å². The first-order chi connectivity index (χ1) is 5.06. The first kappa shape index (κ1) is 13.0. The normalized spacial score (nSPS) is 11.3. The largest absolute Gasteiger partial charge is 0.479 e. The van der Waals surface area contributed by atoms with Crippen molar-refractivity contribution in [1.82, 2.24) is 0 Å². The van der Waals surface area contributed by atoms with Gasteiger partial charge in [0.2, 0.25) is 0 Å². The van der Waals surface area contributed by atoms with Crippen LogP contribution >= 0.6 is 0 Å². The molecule has 11 heavy (non-hydrogen) atoms. The van der Waals surface area contributed by atoms with E-state index in [9.17, 15) is 4.79 Å². The van der Waals surface area contributed by atoms with Gasteiger partial charge in [0.05, 0.1) is 0 Å². The van der Waals surface area contributed by atoms with Crippen molar-refractivity contribution in [3.8, 4) is 0 Å². The maximum absolute atomic E-state index is 9.45. The Morgan fingerprint density at radius 1 is 1.45 bits per heavy atom. The zero-order chi connectivity index (χ0) is 9.28. The van der Waals surface area contributed by atoms with Crippen LogP contribution in [0.5, 0.6) is 0 Å². The van der Waals surface area contributed by atoms with Crippen LogP contribution < -0.4 is 0 Å². The van der Waals surface area contributed by atoms with Crippen LogP contribution in [0.15, 0.2) is 0 Å². The molecule has 0 heterocycles. The highest BCUT2D eigenvalue weighted by atomic mass is 16.6. The Labute approximate surface area is 65.5 Å².